The molecule has 2 N–H and O–H groups in total. The molecule has 0 radical (unpaired) electrons. The molecule has 3 rings (SSSR count). The number of amides is 1. The monoisotopic (exact) mass is 490 g/mol. The lowest BCUT2D eigenvalue weighted by Gasteiger charge is -2.26. The number of carbonyl (C=O) groups excluding carboxylic acids is 2. The molecule has 1 unspecified atom stereocenters. The van der Waals surface area contributed by atoms with Crippen molar-refractivity contribution in [2.45, 2.75) is 51.7 Å². The first kappa shape index (κ1) is 25.4. The Labute approximate surface area is 202 Å². The van der Waals surface area contributed by atoms with Gasteiger partial charge >= 0.3 is 5.97 Å². The van der Waals surface area contributed by atoms with Crippen LogP contribution in [0.1, 0.15) is 42.1 Å². The van der Waals surface area contributed by atoms with E-state index in [1.54, 1.807) is 39.6 Å². The molecular weight excluding hydrogens is 460 g/mol. The predicted molar refractivity (Wildman–Crippen MR) is 130 cm³/mol. The van der Waals surface area contributed by atoms with Gasteiger partial charge in [-0.2, -0.15) is 0 Å². The zero-order chi connectivity index (χ0) is 23.8. The summed E-state index contributed by atoms with van der Waals surface area (Å²) in [7, 11) is 3.10. The number of esters is 1. The molecule has 0 saturated carbocycles. The highest BCUT2D eigenvalue weighted by molar-refractivity contribution is 8.76. The van der Waals surface area contributed by atoms with Crippen molar-refractivity contribution in [3.63, 3.8) is 0 Å². The number of carbonyl (C=O) groups is 2. The lowest BCUT2D eigenvalue weighted by Crippen LogP contribution is -2.44. The molecule has 0 spiro atoms. The van der Waals surface area contributed by atoms with Crippen LogP contribution in [0.25, 0.3) is 0 Å². The number of hydrogen-bond donors (Lipinski definition) is 2. The van der Waals surface area contributed by atoms with E-state index in [9.17, 15) is 19.8 Å². The van der Waals surface area contributed by atoms with E-state index in [0.717, 1.165) is 17.5 Å². The first-order valence-corrected chi connectivity index (χ1v) is 13.4. The SMILES string of the molecule is Cc1ncc(CSSCC(C)C(=O)N2CCC[C@H]2C(=O)OCc2ccccc2)c(CO)c1O. The third-order valence-electron chi connectivity index (χ3n) is 5.66. The summed E-state index contributed by atoms with van der Waals surface area (Å²) in [5, 5.41) is 19.6. The molecule has 1 aromatic carbocycles. The Bertz CT molecular complexity index is 957. The summed E-state index contributed by atoms with van der Waals surface area (Å²) in [6.07, 6.45) is 3.08. The topological polar surface area (TPSA) is 100.0 Å². The van der Waals surface area contributed by atoms with Gasteiger partial charge < -0.3 is 19.8 Å². The van der Waals surface area contributed by atoms with E-state index < -0.39 is 6.04 Å². The quantitative estimate of drug-likeness (QED) is 0.294. The number of aliphatic hydroxyl groups excluding tert-OH is 1. The van der Waals surface area contributed by atoms with Gasteiger partial charge in [-0.3, -0.25) is 9.78 Å². The molecule has 0 aliphatic carbocycles. The van der Waals surface area contributed by atoms with Gasteiger partial charge in [-0.1, -0.05) is 58.8 Å². The van der Waals surface area contributed by atoms with Crippen molar-refractivity contribution in [3.05, 3.63) is 58.9 Å². The number of hydrogen-bond acceptors (Lipinski definition) is 8. The van der Waals surface area contributed by atoms with E-state index in [1.165, 1.54) is 0 Å². The molecule has 0 bridgehead atoms. The lowest BCUT2D eigenvalue weighted by molar-refractivity contribution is -0.155. The minimum absolute atomic E-state index is 0.0309. The van der Waals surface area contributed by atoms with Crippen molar-refractivity contribution in [3.8, 4) is 5.75 Å². The standard InChI is InChI=1S/C24H30N2O5S2/c1-16(14-32-33-15-19-11-25-17(2)22(28)20(19)12-27)23(29)26-10-6-9-21(26)24(30)31-13-18-7-4-3-5-8-18/h3-5,7-8,11,16,21,27-28H,6,9-10,12-15H2,1-2H3/t16?,21-/m0/s1. The molecule has 2 aromatic rings. The van der Waals surface area contributed by atoms with Crippen LogP contribution >= 0.6 is 21.6 Å². The van der Waals surface area contributed by atoms with Crippen molar-refractivity contribution < 1.29 is 24.5 Å². The van der Waals surface area contributed by atoms with Gasteiger partial charge in [0.15, 0.2) is 0 Å². The van der Waals surface area contributed by atoms with Crippen LogP contribution in [0.15, 0.2) is 36.5 Å². The van der Waals surface area contributed by atoms with Crippen LogP contribution in [-0.2, 0) is 33.3 Å². The average molecular weight is 491 g/mol. The fourth-order valence-electron chi connectivity index (χ4n) is 3.70. The van der Waals surface area contributed by atoms with Crippen molar-refractivity contribution in [2.75, 3.05) is 12.3 Å². The number of rotatable bonds is 10. The van der Waals surface area contributed by atoms with Crippen LogP contribution in [0.5, 0.6) is 5.75 Å². The number of nitrogens with zero attached hydrogens (tertiary/aromatic N) is 2. The molecule has 33 heavy (non-hydrogen) atoms. The molecule has 1 aliphatic heterocycles. The molecule has 1 saturated heterocycles. The van der Waals surface area contributed by atoms with Crippen molar-refractivity contribution in [2.24, 2.45) is 5.92 Å². The number of aromatic nitrogens is 1. The van der Waals surface area contributed by atoms with Gasteiger partial charge in [0.2, 0.25) is 5.91 Å². The minimum atomic E-state index is -0.518. The molecule has 2 heterocycles. The van der Waals surface area contributed by atoms with Gasteiger partial charge in [-0.25, -0.2) is 4.79 Å². The largest absolute Gasteiger partial charge is 0.506 e. The number of pyridine rings is 1. The minimum Gasteiger partial charge on any atom is -0.506 e. The zero-order valence-electron chi connectivity index (χ0n) is 18.9. The fourth-order valence-corrected chi connectivity index (χ4v) is 6.13. The van der Waals surface area contributed by atoms with E-state index in [4.69, 9.17) is 4.74 Å². The van der Waals surface area contributed by atoms with Gasteiger partial charge in [0.25, 0.3) is 0 Å². The highest BCUT2D eigenvalue weighted by Crippen LogP contribution is 2.33. The van der Waals surface area contributed by atoms with Crippen LogP contribution in [0, 0.1) is 12.8 Å². The molecular formula is C24H30N2O5S2. The van der Waals surface area contributed by atoms with Crippen molar-refractivity contribution in [1.82, 2.24) is 9.88 Å². The van der Waals surface area contributed by atoms with Gasteiger partial charge in [0, 0.05) is 35.7 Å². The van der Waals surface area contributed by atoms with Crippen LogP contribution in [0.3, 0.4) is 0 Å². The molecule has 1 amide bonds. The first-order chi connectivity index (χ1) is 15.9. The van der Waals surface area contributed by atoms with Gasteiger partial charge in [0.1, 0.15) is 18.4 Å². The number of aromatic hydroxyl groups is 1. The average Bonchev–Trinajstić information content (AvgIpc) is 3.32. The maximum atomic E-state index is 13.0. The predicted octanol–water partition coefficient (Wildman–Crippen LogP) is 3.84. The highest BCUT2D eigenvalue weighted by atomic mass is 33.1. The van der Waals surface area contributed by atoms with Gasteiger partial charge in [-0.05, 0) is 30.9 Å². The number of benzene rings is 1. The summed E-state index contributed by atoms with van der Waals surface area (Å²) in [6, 6.07) is 8.99. The summed E-state index contributed by atoms with van der Waals surface area (Å²) in [4.78, 5) is 31.4. The first-order valence-electron chi connectivity index (χ1n) is 10.9. The molecule has 1 fully saturated rings. The third-order valence-corrected chi connectivity index (χ3v) is 8.15. The summed E-state index contributed by atoms with van der Waals surface area (Å²) >= 11 is 0. The van der Waals surface area contributed by atoms with Crippen LogP contribution in [0.2, 0.25) is 0 Å². The smallest absolute Gasteiger partial charge is 0.329 e. The van der Waals surface area contributed by atoms with E-state index >= 15 is 0 Å². The molecule has 9 heteroatoms. The summed E-state index contributed by atoms with van der Waals surface area (Å²) in [5.74, 6) is 0.553. The fraction of sp³-hybridized carbons (Fsp3) is 0.458. The summed E-state index contributed by atoms with van der Waals surface area (Å²) in [6.45, 7) is 4.09. The summed E-state index contributed by atoms with van der Waals surface area (Å²) in [5.41, 5.74) is 2.68. The lowest BCUT2D eigenvalue weighted by atomic mass is 10.1. The zero-order valence-corrected chi connectivity index (χ0v) is 20.5. The van der Waals surface area contributed by atoms with E-state index in [-0.39, 0.29) is 36.8 Å². The van der Waals surface area contributed by atoms with Crippen molar-refractivity contribution in [1.29, 1.82) is 0 Å². The van der Waals surface area contributed by atoms with Crippen molar-refractivity contribution >= 4 is 33.5 Å². The molecule has 2 atom stereocenters. The summed E-state index contributed by atoms with van der Waals surface area (Å²) < 4.78 is 5.47. The molecule has 178 valence electrons. The second kappa shape index (κ2) is 12.3. The molecule has 1 aliphatic rings. The Morgan fingerprint density at radius 2 is 2.03 bits per heavy atom. The van der Waals surface area contributed by atoms with Gasteiger partial charge in [-0.15, -0.1) is 0 Å². The van der Waals surface area contributed by atoms with E-state index in [1.807, 2.05) is 37.3 Å². The van der Waals surface area contributed by atoms with Gasteiger partial charge in [0.05, 0.1) is 12.3 Å². The van der Waals surface area contributed by atoms with E-state index in [0.29, 0.717) is 35.7 Å². The Balaban J connectivity index is 1.47. The maximum Gasteiger partial charge on any atom is 0.329 e. The number of aryl methyl sites for hydroxylation is 1. The van der Waals surface area contributed by atoms with Crippen LogP contribution in [0.4, 0.5) is 0 Å². The molecule has 1 aromatic heterocycles. The third kappa shape index (κ3) is 6.65. The number of likely N-dealkylation sites (tertiary alicyclic amines) is 1. The highest BCUT2D eigenvalue weighted by Gasteiger charge is 2.36. The Hall–Kier alpha value is -2.23. The Morgan fingerprint density at radius 1 is 1.27 bits per heavy atom. The molecule has 7 nitrogen and oxygen atoms in total. The number of aliphatic hydroxyl groups is 1. The van der Waals surface area contributed by atoms with Crippen LogP contribution in [-0.4, -0.2) is 50.3 Å². The Kier molecular flexibility index (Phi) is 9.46. The second-order valence-electron chi connectivity index (χ2n) is 8.08. The second-order valence-corrected chi connectivity index (χ2v) is 10.6. The Morgan fingerprint density at radius 3 is 2.76 bits per heavy atom. The van der Waals surface area contributed by atoms with E-state index in [2.05, 4.69) is 4.98 Å². The normalized spacial score (nSPS) is 16.6. The maximum absolute atomic E-state index is 13.0. The number of ether oxygens (including phenoxy) is 1. The van der Waals surface area contributed by atoms with Crippen LogP contribution < -0.4 is 0 Å².